The molecule has 3 rings (SSSR count). The van der Waals surface area contributed by atoms with Crippen molar-refractivity contribution in [1.82, 2.24) is 5.32 Å². The van der Waals surface area contributed by atoms with Gasteiger partial charge in [-0.05, 0) is 30.2 Å². The number of ether oxygens (including phenoxy) is 1. The predicted octanol–water partition coefficient (Wildman–Crippen LogP) is 1.83. The Kier molecular flexibility index (Phi) is 6.15. The molecule has 0 heterocycles. The van der Waals surface area contributed by atoms with Crippen LogP contribution in [0.3, 0.4) is 0 Å². The van der Waals surface area contributed by atoms with Crippen LogP contribution in [0.5, 0.6) is 0 Å². The van der Waals surface area contributed by atoms with E-state index in [-0.39, 0.29) is 6.47 Å². The third-order valence-electron chi connectivity index (χ3n) is 5.37. The molecule has 1 aliphatic rings. The zero-order valence-corrected chi connectivity index (χ0v) is 16.5. The lowest BCUT2D eigenvalue weighted by Gasteiger charge is -2.45. The van der Waals surface area contributed by atoms with Crippen molar-refractivity contribution in [2.24, 2.45) is 17.8 Å². The molecule has 2 aromatic rings. The Balaban J connectivity index is 1.77. The molecule has 0 aromatic heterocycles. The molecule has 4 atom stereocenters. The van der Waals surface area contributed by atoms with Gasteiger partial charge in [-0.2, -0.15) is 0 Å². The number of aliphatic carboxylic acids is 1. The van der Waals surface area contributed by atoms with Gasteiger partial charge in [-0.3, -0.25) is 19.2 Å². The van der Waals surface area contributed by atoms with Crippen molar-refractivity contribution in [3.8, 4) is 11.1 Å². The first kappa shape index (κ1) is 21.0. The Morgan fingerprint density at radius 2 is 1.47 bits per heavy atom. The minimum absolute atomic E-state index is 0.0917. The van der Waals surface area contributed by atoms with Gasteiger partial charge in [-0.1, -0.05) is 42.0 Å². The highest BCUT2D eigenvalue weighted by Crippen LogP contribution is 2.44. The van der Waals surface area contributed by atoms with E-state index in [2.05, 4.69) is 10.6 Å². The monoisotopic (exact) mass is 410 g/mol. The van der Waals surface area contributed by atoms with E-state index in [4.69, 9.17) is 4.74 Å². The lowest BCUT2D eigenvalue weighted by Crippen LogP contribution is -2.64. The van der Waals surface area contributed by atoms with Gasteiger partial charge in [0.15, 0.2) is 0 Å². The Morgan fingerprint density at radius 3 is 1.97 bits per heavy atom. The Labute approximate surface area is 173 Å². The van der Waals surface area contributed by atoms with Gasteiger partial charge in [0.25, 0.3) is 6.47 Å². The van der Waals surface area contributed by atoms with Gasteiger partial charge in [-0.25, -0.2) is 0 Å². The van der Waals surface area contributed by atoms with Crippen molar-refractivity contribution in [3.63, 3.8) is 0 Å². The fourth-order valence-electron chi connectivity index (χ4n) is 3.76. The third kappa shape index (κ3) is 4.03. The molecule has 8 nitrogen and oxygen atoms in total. The molecule has 2 amide bonds. The molecule has 1 aliphatic carbocycles. The van der Waals surface area contributed by atoms with Crippen molar-refractivity contribution in [2.75, 3.05) is 12.4 Å². The van der Waals surface area contributed by atoms with Gasteiger partial charge in [-0.15, -0.1) is 0 Å². The van der Waals surface area contributed by atoms with E-state index in [1.54, 1.807) is 12.1 Å². The first-order chi connectivity index (χ1) is 14.4. The van der Waals surface area contributed by atoms with E-state index < -0.39 is 41.6 Å². The molecule has 0 radical (unpaired) electrons. The molecular weight excluding hydrogens is 388 g/mol. The van der Waals surface area contributed by atoms with Crippen molar-refractivity contribution in [1.29, 1.82) is 0 Å². The highest BCUT2D eigenvalue weighted by Gasteiger charge is 2.62. The van der Waals surface area contributed by atoms with Crippen LogP contribution in [-0.4, -0.2) is 42.5 Å². The summed E-state index contributed by atoms with van der Waals surface area (Å²) in [5, 5.41) is 14.5. The Bertz CT molecular complexity index is 955. The molecular formula is C22H22N2O6. The highest BCUT2D eigenvalue weighted by atomic mass is 16.5. The molecule has 30 heavy (non-hydrogen) atoms. The van der Waals surface area contributed by atoms with Crippen LogP contribution in [-0.2, 0) is 23.9 Å². The zero-order valence-electron chi connectivity index (χ0n) is 16.5. The summed E-state index contributed by atoms with van der Waals surface area (Å²) in [6, 6.07) is 15.1. The summed E-state index contributed by atoms with van der Waals surface area (Å²) < 4.78 is 4.79. The third-order valence-corrected chi connectivity index (χ3v) is 5.37. The molecule has 8 heteroatoms. The number of benzene rings is 2. The Hall–Kier alpha value is -3.68. The maximum Gasteiger partial charge on any atom is 0.311 e. The number of rotatable bonds is 7. The van der Waals surface area contributed by atoms with Gasteiger partial charge in [0.1, 0.15) is 12.0 Å². The summed E-state index contributed by atoms with van der Waals surface area (Å²) in [7, 11) is 1.37. The van der Waals surface area contributed by atoms with Crippen LogP contribution >= 0.6 is 0 Å². The van der Waals surface area contributed by atoms with Crippen LogP contribution in [0.1, 0.15) is 5.56 Å². The van der Waals surface area contributed by atoms with Crippen LogP contribution < -0.4 is 10.6 Å². The lowest BCUT2D eigenvalue weighted by atomic mass is 9.61. The normalized spacial score (nSPS) is 22.3. The van der Waals surface area contributed by atoms with Crippen molar-refractivity contribution in [2.45, 2.75) is 13.0 Å². The average Bonchev–Trinajstić information content (AvgIpc) is 2.71. The van der Waals surface area contributed by atoms with E-state index in [0.717, 1.165) is 16.7 Å². The van der Waals surface area contributed by atoms with E-state index >= 15 is 0 Å². The lowest BCUT2D eigenvalue weighted by molar-refractivity contribution is -0.186. The molecule has 1 saturated carbocycles. The van der Waals surface area contributed by atoms with Gasteiger partial charge in [0, 0.05) is 12.7 Å². The number of carbonyl (C=O) groups excluding carboxylic acids is 3. The summed E-state index contributed by atoms with van der Waals surface area (Å²) in [4.78, 5) is 47.3. The van der Waals surface area contributed by atoms with Crippen LogP contribution in [0, 0.1) is 24.7 Å². The second-order valence-electron chi connectivity index (χ2n) is 7.16. The second-order valence-corrected chi connectivity index (χ2v) is 7.16. The molecule has 2 aromatic carbocycles. The number of aryl methyl sites for hydroxylation is 1. The number of hydrogen-bond acceptors (Lipinski definition) is 5. The molecule has 0 bridgehead atoms. The predicted molar refractivity (Wildman–Crippen MR) is 108 cm³/mol. The summed E-state index contributed by atoms with van der Waals surface area (Å²) in [5.74, 6) is -6.03. The highest BCUT2D eigenvalue weighted by molar-refractivity contribution is 6.01. The van der Waals surface area contributed by atoms with Crippen molar-refractivity contribution in [3.05, 3.63) is 54.1 Å². The second kappa shape index (κ2) is 8.77. The van der Waals surface area contributed by atoms with E-state index in [0.29, 0.717) is 5.69 Å². The molecule has 4 unspecified atom stereocenters. The fraction of sp³-hybridized carbons (Fsp3) is 0.273. The van der Waals surface area contributed by atoms with Crippen molar-refractivity contribution >= 4 is 29.9 Å². The zero-order chi connectivity index (χ0) is 21.8. The first-order valence-electron chi connectivity index (χ1n) is 9.39. The van der Waals surface area contributed by atoms with Gasteiger partial charge in [0.2, 0.25) is 11.8 Å². The number of nitrogens with one attached hydrogen (secondary N) is 2. The first-order valence-corrected chi connectivity index (χ1v) is 9.39. The molecule has 1 fully saturated rings. The molecule has 0 saturated heterocycles. The largest absolute Gasteiger partial charge is 0.481 e. The average molecular weight is 410 g/mol. The summed E-state index contributed by atoms with van der Waals surface area (Å²) in [6.45, 7) is 2.10. The molecule has 0 aliphatic heterocycles. The quantitative estimate of drug-likeness (QED) is 0.599. The number of anilines is 1. The van der Waals surface area contributed by atoms with Crippen LogP contribution in [0.2, 0.25) is 0 Å². The van der Waals surface area contributed by atoms with Crippen LogP contribution in [0.4, 0.5) is 5.69 Å². The van der Waals surface area contributed by atoms with E-state index in [9.17, 15) is 24.3 Å². The topological polar surface area (TPSA) is 122 Å². The van der Waals surface area contributed by atoms with Crippen molar-refractivity contribution < 1.29 is 29.0 Å². The number of amides is 2. The number of carbonyl (C=O) groups is 4. The number of carboxylic acid groups (broad SMARTS) is 1. The standard InChI is InChI=1S/C22H22N2O6/c1-12-3-5-13(6-4-12)14-7-9-15(10-8-14)24-21(27)16-17(20(26)23-2)19(30-11-25)18(16)22(28)29/h3-11,16-19H,1-2H3,(H,23,26)(H,24,27)(H,28,29). The summed E-state index contributed by atoms with van der Waals surface area (Å²) in [5.41, 5.74) is 3.61. The SMILES string of the molecule is CNC(=O)C1C(OC=O)C(C(=O)O)C1C(=O)Nc1ccc(-c2ccc(C)cc2)cc1. The van der Waals surface area contributed by atoms with Gasteiger partial charge >= 0.3 is 5.97 Å². The maximum absolute atomic E-state index is 12.8. The number of hydrogen-bond donors (Lipinski definition) is 3. The summed E-state index contributed by atoms with van der Waals surface area (Å²) >= 11 is 0. The maximum atomic E-state index is 12.8. The van der Waals surface area contributed by atoms with Gasteiger partial charge < -0.3 is 20.5 Å². The minimum Gasteiger partial charge on any atom is -0.481 e. The Morgan fingerprint density at radius 1 is 0.900 bits per heavy atom. The van der Waals surface area contributed by atoms with E-state index in [1.165, 1.54) is 7.05 Å². The van der Waals surface area contributed by atoms with Gasteiger partial charge in [0.05, 0.1) is 11.8 Å². The smallest absolute Gasteiger partial charge is 0.311 e. The van der Waals surface area contributed by atoms with E-state index in [1.807, 2.05) is 43.3 Å². The fourth-order valence-corrected chi connectivity index (χ4v) is 3.76. The van der Waals surface area contributed by atoms with Crippen LogP contribution in [0.25, 0.3) is 11.1 Å². The van der Waals surface area contributed by atoms with Crippen LogP contribution in [0.15, 0.2) is 48.5 Å². The molecule has 3 N–H and O–H groups in total. The number of carboxylic acids is 1. The minimum atomic E-state index is -1.31. The molecule has 156 valence electrons. The molecule has 0 spiro atoms. The summed E-state index contributed by atoms with van der Waals surface area (Å²) in [6.07, 6.45) is -1.19.